The van der Waals surface area contributed by atoms with Gasteiger partial charge in [-0.15, -0.1) is 0 Å². The van der Waals surface area contributed by atoms with E-state index in [0.29, 0.717) is 24.8 Å². The van der Waals surface area contributed by atoms with Crippen LogP contribution in [0.5, 0.6) is 5.75 Å². The lowest BCUT2D eigenvalue weighted by Gasteiger charge is -2.43. The summed E-state index contributed by atoms with van der Waals surface area (Å²) < 4.78 is 67.9. The van der Waals surface area contributed by atoms with Crippen LogP contribution in [0.1, 0.15) is 55.1 Å². The van der Waals surface area contributed by atoms with Gasteiger partial charge >= 0.3 is 10.4 Å². The van der Waals surface area contributed by atoms with Gasteiger partial charge in [0.25, 0.3) is 0 Å². The molecular weight excluding hydrogens is 328 g/mol. The summed E-state index contributed by atoms with van der Waals surface area (Å²) in [6.45, 7) is 1.83. The van der Waals surface area contributed by atoms with Crippen LogP contribution in [0, 0.1) is 11.3 Å². The quantitative estimate of drug-likeness (QED) is 0.653. The lowest BCUT2D eigenvalue weighted by atomic mass is 9.60. The first-order valence-corrected chi connectivity index (χ1v) is 9.26. The highest BCUT2D eigenvalue weighted by molar-refractivity contribution is 7.81. The van der Waals surface area contributed by atoms with Gasteiger partial charge in [0.1, 0.15) is 11.5 Å². The number of Topliss-reactive ketones (excluding diaryl/α,β-unsaturated/α-hetero) is 1. The summed E-state index contributed by atoms with van der Waals surface area (Å²) in [6, 6.07) is 0.898. The maximum absolute atomic E-state index is 12.6. The zero-order chi connectivity index (χ0) is 20.6. The standard InChI is InChI=1S/C18H20O5S/c1-18-9-8-14-13-5-3-12(23-24(20,21)22)10-11(13)2-4-15(14)16(18)6-7-17(18)19/h3-5,10,14,16H,2,6-9H2,1H3,(H,20,21,22)/t14-,16+,18+/m1/s1/i3D,7D2,10D. The molecule has 1 aromatic rings. The fourth-order valence-corrected chi connectivity index (χ4v) is 4.65. The number of carbonyl (C=O) groups is 1. The van der Waals surface area contributed by atoms with Crippen molar-refractivity contribution in [2.75, 3.05) is 0 Å². The second-order valence-corrected chi connectivity index (χ2v) is 7.89. The summed E-state index contributed by atoms with van der Waals surface area (Å²) in [5.74, 6) is -1.23. The van der Waals surface area contributed by atoms with E-state index in [1.165, 1.54) is 6.07 Å². The highest BCUT2D eigenvalue weighted by Crippen LogP contribution is 2.57. The van der Waals surface area contributed by atoms with Crippen molar-refractivity contribution in [2.24, 2.45) is 11.3 Å². The Bertz CT molecular complexity index is 1030. The molecular formula is C18H20O5S. The average Bonchev–Trinajstić information content (AvgIpc) is 2.77. The van der Waals surface area contributed by atoms with Gasteiger partial charge in [0.05, 0.1) is 2.74 Å². The van der Waals surface area contributed by atoms with E-state index in [4.69, 9.17) is 10.0 Å². The number of fused-ring (bicyclic) bond motifs is 5. The van der Waals surface area contributed by atoms with Gasteiger partial charge < -0.3 is 4.18 Å². The van der Waals surface area contributed by atoms with Gasteiger partial charge in [-0.3, -0.25) is 9.35 Å². The van der Waals surface area contributed by atoms with Crippen molar-refractivity contribution in [1.82, 2.24) is 0 Å². The summed E-state index contributed by atoms with van der Waals surface area (Å²) in [7, 11) is -4.85. The van der Waals surface area contributed by atoms with Crippen LogP contribution in [-0.2, 0) is 21.6 Å². The zero-order valence-corrected chi connectivity index (χ0v) is 13.9. The van der Waals surface area contributed by atoms with Gasteiger partial charge in [-0.25, -0.2) is 0 Å². The Morgan fingerprint density at radius 2 is 2.25 bits per heavy atom. The lowest BCUT2D eigenvalue weighted by Crippen LogP contribution is -2.37. The molecule has 0 heterocycles. The monoisotopic (exact) mass is 352 g/mol. The normalized spacial score (nSPS) is 36.2. The summed E-state index contributed by atoms with van der Waals surface area (Å²) in [5, 5.41) is 0. The van der Waals surface area contributed by atoms with Crippen molar-refractivity contribution >= 4 is 16.2 Å². The minimum absolute atomic E-state index is 0.130. The lowest BCUT2D eigenvalue weighted by molar-refractivity contribution is -0.126. The van der Waals surface area contributed by atoms with Gasteiger partial charge in [0, 0.05) is 20.4 Å². The molecule has 1 N–H and O–H groups in total. The smallest absolute Gasteiger partial charge is 0.362 e. The first kappa shape index (κ1) is 11.8. The molecule has 1 aromatic carbocycles. The third-order valence-electron chi connectivity index (χ3n) is 5.59. The Labute approximate surface area is 147 Å². The molecule has 4 rings (SSSR count). The molecule has 128 valence electrons. The molecule has 6 heteroatoms. The van der Waals surface area contributed by atoms with Gasteiger partial charge in [-0.05, 0) is 54.8 Å². The first-order valence-electron chi connectivity index (χ1n) is 9.90. The van der Waals surface area contributed by atoms with Crippen molar-refractivity contribution < 1.29 is 27.4 Å². The highest BCUT2D eigenvalue weighted by Gasteiger charge is 2.52. The summed E-state index contributed by atoms with van der Waals surface area (Å²) in [4.78, 5) is 12.6. The largest absolute Gasteiger partial charge is 0.446 e. The third kappa shape index (κ3) is 2.40. The molecule has 0 amide bonds. The number of benzene rings is 1. The van der Waals surface area contributed by atoms with E-state index in [1.54, 1.807) is 0 Å². The molecule has 0 aromatic heterocycles. The second kappa shape index (κ2) is 5.17. The van der Waals surface area contributed by atoms with E-state index < -0.39 is 27.9 Å². The van der Waals surface area contributed by atoms with Crippen molar-refractivity contribution in [3.05, 3.63) is 40.9 Å². The number of hydrogen-bond acceptors (Lipinski definition) is 4. The van der Waals surface area contributed by atoms with Crippen molar-refractivity contribution in [1.29, 1.82) is 0 Å². The molecule has 24 heavy (non-hydrogen) atoms. The zero-order valence-electron chi connectivity index (χ0n) is 17.1. The molecule has 2 fully saturated rings. The van der Waals surface area contributed by atoms with Crippen LogP contribution in [0.3, 0.4) is 0 Å². The van der Waals surface area contributed by atoms with E-state index in [2.05, 4.69) is 4.18 Å². The Hall–Kier alpha value is -1.66. The van der Waals surface area contributed by atoms with E-state index in [-0.39, 0.29) is 36.1 Å². The first-order chi connectivity index (χ1) is 12.8. The van der Waals surface area contributed by atoms with Crippen LogP contribution < -0.4 is 4.18 Å². The van der Waals surface area contributed by atoms with E-state index in [0.717, 1.165) is 11.1 Å². The van der Waals surface area contributed by atoms with E-state index >= 15 is 0 Å². The highest BCUT2D eigenvalue weighted by atomic mass is 32.3. The SMILES string of the molecule is [2H]c1cc2c(c([2H])c1OS(=O)(=O)O)CC=C1[C@@H]2CC[C@]2(C)C(=O)C([2H])([2H])C[C@@H]12. The molecule has 0 unspecified atom stereocenters. The van der Waals surface area contributed by atoms with Crippen LogP contribution in [0.15, 0.2) is 29.8 Å². The Morgan fingerprint density at radius 3 is 3.00 bits per heavy atom. The van der Waals surface area contributed by atoms with Gasteiger partial charge in [0.2, 0.25) is 0 Å². The predicted octanol–water partition coefficient (Wildman–Crippen LogP) is 3.21. The molecule has 0 bridgehead atoms. The van der Waals surface area contributed by atoms with Gasteiger partial charge in [-0.1, -0.05) is 24.6 Å². The number of hydrogen-bond donors (Lipinski definition) is 1. The van der Waals surface area contributed by atoms with Crippen LogP contribution in [0.2, 0.25) is 0 Å². The molecule has 3 atom stereocenters. The summed E-state index contributed by atoms with van der Waals surface area (Å²) in [6.07, 6.45) is 1.58. The molecule has 2 saturated carbocycles. The number of carbonyl (C=O) groups excluding carboxylic acids is 1. The fraction of sp³-hybridized carbons (Fsp3) is 0.500. The van der Waals surface area contributed by atoms with Crippen molar-refractivity contribution in [3.63, 3.8) is 0 Å². The Morgan fingerprint density at radius 1 is 1.46 bits per heavy atom. The number of ketones is 1. The minimum Gasteiger partial charge on any atom is -0.362 e. The van der Waals surface area contributed by atoms with Gasteiger partial charge in [0.15, 0.2) is 0 Å². The summed E-state index contributed by atoms with van der Waals surface area (Å²) in [5.41, 5.74) is 1.47. The molecule has 5 nitrogen and oxygen atoms in total. The molecule has 0 spiro atoms. The Kier molecular flexibility index (Phi) is 2.54. The topological polar surface area (TPSA) is 80.7 Å². The maximum atomic E-state index is 12.6. The molecule has 0 aliphatic heterocycles. The molecule has 3 aliphatic carbocycles. The Balaban J connectivity index is 1.78. The number of rotatable bonds is 2. The van der Waals surface area contributed by atoms with E-state index in [1.807, 2.05) is 13.0 Å². The third-order valence-corrected chi connectivity index (χ3v) is 5.97. The molecule has 3 aliphatic rings. The van der Waals surface area contributed by atoms with Gasteiger partial charge in [-0.2, -0.15) is 8.42 Å². The van der Waals surface area contributed by atoms with Crippen LogP contribution in [0.25, 0.3) is 0 Å². The predicted molar refractivity (Wildman–Crippen MR) is 88.2 cm³/mol. The van der Waals surface area contributed by atoms with Crippen molar-refractivity contribution in [2.45, 2.75) is 44.9 Å². The molecule has 0 saturated heterocycles. The number of allylic oxidation sites excluding steroid dienone is 2. The fourth-order valence-electron chi connectivity index (χ4n) is 4.35. The van der Waals surface area contributed by atoms with Crippen LogP contribution >= 0.6 is 0 Å². The van der Waals surface area contributed by atoms with Crippen LogP contribution in [-0.4, -0.2) is 18.8 Å². The van der Waals surface area contributed by atoms with E-state index in [9.17, 15) is 13.2 Å². The summed E-state index contributed by atoms with van der Waals surface area (Å²) >= 11 is 0. The maximum Gasteiger partial charge on any atom is 0.446 e. The second-order valence-electron chi connectivity index (χ2n) is 6.87. The van der Waals surface area contributed by atoms with Crippen molar-refractivity contribution in [3.8, 4) is 5.75 Å². The molecule has 0 radical (unpaired) electrons. The average molecular weight is 352 g/mol. The van der Waals surface area contributed by atoms with Crippen LogP contribution in [0.4, 0.5) is 0 Å². The minimum atomic E-state index is -4.85.